The number of pyridine rings is 1. The molecule has 9 nitrogen and oxygen atoms in total. The predicted octanol–water partition coefficient (Wildman–Crippen LogP) is 6.98. The molecule has 0 aliphatic carbocycles. The molecule has 3 heterocycles. The van der Waals surface area contributed by atoms with E-state index in [9.17, 15) is 17.6 Å². The average Bonchev–Trinajstić information content (AvgIpc) is 3.60. The van der Waals surface area contributed by atoms with Crippen molar-refractivity contribution in [3.63, 3.8) is 0 Å². The zero-order valence-corrected chi connectivity index (χ0v) is 25.6. The summed E-state index contributed by atoms with van der Waals surface area (Å²) < 4.78 is 68.3. The minimum Gasteiger partial charge on any atom is -0.455 e. The van der Waals surface area contributed by atoms with E-state index in [2.05, 4.69) is 15.3 Å². The first-order valence-electron chi connectivity index (χ1n) is 13.9. The number of halogens is 2. The molecule has 0 saturated carbocycles. The summed E-state index contributed by atoms with van der Waals surface area (Å²) in [5.74, 6) is -0.472. The van der Waals surface area contributed by atoms with Crippen molar-refractivity contribution in [3.05, 3.63) is 90.4 Å². The van der Waals surface area contributed by atoms with Crippen molar-refractivity contribution >= 4 is 43.8 Å². The van der Waals surface area contributed by atoms with Crippen molar-refractivity contribution in [2.45, 2.75) is 19.5 Å². The number of fused-ring (bicyclic) bond motifs is 2. The SMILES string of the molecule is CNC(=O)c1c(-c2ccc(F)cc2)oc2cc(N(CC(C)(C)F)S(C)(=O)=O)c(-c3cccc(-c4nc5ncccc5o4)c3)cc12. The molecule has 0 aliphatic heterocycles. The number of benzene rings is 3. The van der Waals surface area contributed by atoms with Crippen molar-refractivity contribution in [1.29, 1.82) is 0 Å². The summed E-state index contributed by atoms with van der Waals surface area (Å²) in [6.07, 6.45) is 2.60. The highest BCUT2D eigenvalue weighted by atomic mass is 32.2. The van der Waals surface area contributed by atoms with Gasteiger partial charge in [-0.05, 0) is 74.0 Å². The van der Waals surface area contributed by atoms with Gasteiger partial charge in [0.15, 0.2) is 11.2 Å². The van der Waals surface area contributed by atoms with Crippen molar-refractivity contribution in [2.24, 2.45) is 0 Å². The number of carbonyl (C=O) groups is 1. The molecule has 1 amide bonds. The van der Waals surface area contributed by atoms with Crippen LogP contribution in [0.2, 0.25) is 0 Å². The minimum absolute atomic E-state index is 0.134. The van der Waals surface area contributed by atoms with Gasteiger partial charge in [-0.15, -0.1) is 0 Å². The summed E-state index contributed by atoms with van der Waals surface area (Å²) in [6, 6.07) is 19.1. The largest absolute Gasteiger partial charge is 0.455 e. The van der Waals surface area contributed by atoms with Gasteiger partial charge in [-0.3, -0.25) is 9.10 Å². The summed E-state index contributed by atoms with van der Waals surface area (Å²) >= 11 is 0. The molecule has 1 N–H and O–H groups in total. The molecule has 0 fully saturated rings. The number of hydrogen-bond donors (Lipinski definition) is 1. The van der Waals surface area contributed by atoms with E-state index in [1.165, 1.54) is 51.2 Å². The fourth-order valence-corrected chi connectivity index (χ4v) is 6.21. The third kappa shape index (κ3) is 5.88. The smallest absolute Gasteiger partial charge is 0.255 e. The molecule has 6 rings (SSSR count). The Morgan fingerprint density at radius 3 is 2.36 bits per heavy atom. The molecule has 45 heavy (non-hydrogen) atoms. The number of nitrogens with zero attached hydrogens (tertiary/aromatic N) is 3. The summed E-state index contributed by atoms with van der Waals surface area (Å²) in [7, 11) is -2.55. The van der Waals surface area contributed by atoms with Crippen LogP contribution in [0.15, 0.2) is 87.8 Å². The molecule has 3 aromatic heterocycles. The van der Waals surface area contributed by atoms with Gasteiger partial charge in [0.25, 0.3) is 5.91 Å². The Bertz CT molecular complexity index is 2150. The number of aromatic nitrogens is 2. The van der Waals surface area contributed by atoms with Gasteiger partial charge >= 0.3 is 0 Å². The van der Waals surface area contributed by atoms with E-state index in [0.29, 0.717) is 44.8 Å². The molecular weight excluding hydrogens is 602 g/mol. The number of alkyl halides is 1. The highest BCUT2D eigenvalue weighted by Gasteiger charge is 2.31. The monoisotopic (exact) mass is 630 g/mol. The fraction of sp³-hybridized carbons (Fsp3) is 0.182. The van der Waals surface area contributed by atoms with Crippen LogP contribution in [0, 0.1) is 5.82 Å². The Morgan fingerprint density at radius 1 is 0.956 bits per heavy atom. The van der Waals surface area contributed by atoms with E-state index < -0.39 is 34.0 Å². The Hall–Kier alpha value is -5.10. The van der Waals surface area contributed by atoms with Gasteiger partial charge < -0.3 is 14.2 Å². The topological polar surface area (TPSA) is 119 Å². The number of amides is 1. The lowest BCUT2D eigenvalue weighted by Crippen LogP contribution is -2.40. The van der Waals surface area contributed by atoms with Crippen LogP contribution in [0.3, 0.4) is 0 Å². The normalized spacial score (nSPS) is 12.1. The zero-order valence-electron chi connectivity index (χ0n) is 24.8. The van der Waals surface area contributed by atoms with Crippen LogP contribution in [0.1, 0.15) is 24.2 Å². The average molecular weight is 631 g/mol. The maximum Gasteiger partial charge on any atom is 0.255 e. The van der Waals surface area contributed by atoms with Gasteiger partial charge in [0.05, 0.1) is 24.1 Å². The molecule has 230 valence electrons. The quantitative estimate of drug-likeness (QED) is 0.193. The summed E-state index contributed by atoms with van der Waals surface area (Å²) in [4.78, 5) is 22.0. The number of hydrogen-bond acceptors (Lipinski definition) is 7. The molecule has 0 bridgehead atoms. The van der Waals surface area contributed by atoms with Crippen LogP contribution in [0.4, 0.5) is 14.5 Å². The van der Waals surface area contributed by atoms with Gasteiger partial charge in [-0.2, -0.15) is 4.98 Å². The molecular formula is C33H28F2N4O5S. The first-order chi connectivity index (χ1) is 21.3. The maximum absolute atomic E-state index is 15.1. The molecule has 0 radical (unpaired) electrons. The molecule has 0 aliphatic rings. The molecule has 0 saturated heterocycles. The molecule has 3 aromatic carbocycles. The summed E-state index contributed by atoms with van der Waals surface area (Å²) in [6.45, 7) is 2.08. The third-order valence-electron chi connectivity index (χ3n) is 7.14. The van der Waals surface area contributed by atoms with E-state index in [0.717, 1.165) is 10.6 Å². The fourth-order valence-electron chi connectivity index (χ4n) is 5.16. The second-order valence-electron chi connectivity index (χ2n) is 11.2. The van der Waals surface area contributed by atoms with Gasteiger partial charge in [0.2, 0.25) is 15.9 Å². The van der Waals surface area contributed by atoms with Gasteiger partial charge in [0, 0.05) is 41.4 Å². The van der Waals surface area contributed by atoms with E-state index in [4.69, 9.17) is 8.83 Å². The summed E-state index contributed by atoms with van der Waals surface area (Å²) in [5, 5.41) is 2.99. The van der Waals surface area contributed by atoms with Crippen LogP contribution < -0.4 is 9.62 Å². The first kappa shape index (κ1) is 29.9. The van der Waals surface area contributed by atoms with E-state index in [1.807, 2.05) is 0 Å². The minimum atomic E-state index is -4.02. The highest BCUT2D eigenvalue weighted by Crippen LogP contribution is 2.43. The third-order valence-corrected chi connectivity index (χ3v) is 8.27. The Balaban J connectivity index is 1.64. The second kappa shape index (κ2) is 11.1. The molecule has 6 aromatic rings. The lowest BCUT2D eigenvalue weighted by Gasteiger charge is -2.29. The standard InChI is InChI=1S/C33H28F2N4O5S/c1-33(2,35)18-39(45(4,41)42)25-17-27-24(28(31(40)36-3)29(43-27)19-10-12-22(34)13-11-19)16-23(25)20-7-5-8-21(15-20)32-38-30-26(44-32)9-6-14-37-30/h5-17H,18H2,1-4H3,(H,36,40). The van der Waals surface area contributed by atoms with Crippen LogP contribution >= 0.6 is 0 Å². The molecule has 0 atom stereocenters. The van der Waals surface area contributed by atoms with Gasteiger partial charge in [-0.1, -0.05) is 12.1 Å². The first-order valence-corrected chi connectivity index (χ1v) is 15.7. The lowest BCUT2D eigenvalue weighted by atomic mass is 9.97. The van der Waals surface area contributed by atoms with Crippen molar-refractivity contribution < 1.29 is 30.8 Å². The maximum atomic E-state index is 15.1. The number of oxazole rings is 1. The predicted molar refractivity (Wildman–Crippen MR) is 169 cm³/mol. The Labute approximate surface area is 257 Å². The van der Waals surface area contributed by atoms with Crippen LogP contribution in [0.5, 0.6) is 0 Å². The number of nitrogens with one attached hydrogen (secondary N) is 1. The second-order valence-corrected chi connectivity index (χ2v) is 13.1. The number of carbonyl (C=O) groups excluding carboxylic acids is 1. The van der Waals surface area contributed by atoms with E-state index >= 15 is 4.39 Å². The molecule has 0 unspecified atom stereocenters. The lowest BCUT2D eigenvalue weighted by molar-refractivity contribution is 0.0964. The molecule has 12 heteroatoms. The number of sulfonamides is 1. The summed E-state index contributed by atoms with van der Waals surface area (Å²) in [5.41, 5.74) is 1.44. The number of anilines is 1. The zero-order chi connectivity index (χ0) is 32.1. The number of furan rings is 1. The Kier molecular flexibility index (Phi) is 7.40. The van der Waals surface area contributed by atoms with Crippen LogP contribution in [-0.4, -0.2) is 49.8 Å². The molecule has 0 spiro atoms. The van der Waals surface area contributed by atoms with Gasteiger partial charge in [-0.25, -0.2) is 22.2 Å². The Morgan fingerprint density at radius 2 is 1.69 bits per heavy atom. The van der Waals surface area contributed by atoms with Crippen molar-refractivity contribution in [3.8, 4) is 33.9 Å². The van der Waals surface area contributed by atoms with E-state index in [1.54, 1.807) is 48.7 Å². The van der Waals surface area contributed by atoms with Crippen LogP contribution in [0.25, 0.3) is 56.1 Å². The van der Waals surface area contributed by atoms with Gasteiger partial charge in [0.1, 0.15) is 22.8 Å². The van der Waals surface area contributed by atoms with Crippen LogP contribution in [-0.2, 0) is 10.0 Å². The van der Waals surface area contributed by atoms with Crippen molar-refractivity contribution in [2.75, 3.05) is 24.2 Å². The van der Waals surface area contributed by atoms with E-state index in [-0.39, 0.29) is 22.6 Å². The highest BCUT2D eigenvalue weighted by molar-refractivity contribution is 7.92. The number of rotatable bonds is 8. The van der Waals surface area contributed by atoms with Crippen molar-refractivity contribution in [1.82, 2.24) is 15.3 Å².